The average molecular weight is 441 g/mol. The number of Topliss-reactive ketones (excluding diaryl/α,β-unsaturated/α-hetero) is 1. The Morgan fingerprint density at radius 2 is 1.78 bits per heavy atom. The third-order valence-corrected chi connectivity index (χ3v) is 4.18. The van der Waals surface area contributed by atoms with Gasteiger partial charge in [0.25, 0.3) is 5.91 Å². The summed E-state index contributed by atoms with van der Waals surface area (Å²) in [5.41, 5.74) is -2.21. The largest absolute Gasteiger partial charge is 0.416 e. The number of alkyl halides is 3. The summed E-state index contributed by atoms with van der Waals surface area (Å²) in [4.78, 5) is 41.0. The molecule has 1 heterocycles. The lowest BCUT2D eigenvalue weighted by Crippen LogP contribution is -2.36. The van der Waals surface area contributed by atoms with Crippen LogP contribution in [0.1, 0.15) is 26.3 Å². The highest BCUT2D eigenvalue weighted by Gasteiger charge is 2.37. The summed E-state index contributed by atoms with van der Waals surface area (Å²) in [5, 5.41) is 5.44. The second kappa shape index (κ2) is 6.95. The third kappa shape index (κ3) is 3.75. The maximum absolute atomic E-state index is 12.9. The summed E-state index contributed by atoms with van der Waals surface area (Å²) in [6.45, 7) is 0. The quantitative estimate of drug-likeness (QED) is 0.568. The zero-order valence-electron chi connectivity index (χ0n) is 13.1. The Balaban J connectivity index is 1.93. The van der Waals surface area contributed by atoms with Gasteiger partial charge in [0, 0.05) is 4.47 Å². The van der Waals surface area contributed by atoms with E-state index in [-0.39, 0.29) is 21.3 Å². The standard InChI is InChI=1S/C17H8BrF3N2O4/c18-10-6-9(17(19,20)21)7-11-12(10)14(24)13(15(25)22-11)23-27-16(26)8-4-2-1-3-5-8/h1-7H,(H,22,25). The molecule has 138 valence electrons. The lowest BCUT2D eigenvalue weighted by molar-refractivity contribution is -0.137. The summed E-state index contributed by atoms with van der Waals surface area (Å²) in [6.07, 6.45) is -4.66. The number of hydrogen-bond donors (Lipinski definition) is 1. The fourth-order valence-corrected chi connectivity index (χ4v) is 2.94. The van der Waals surface area contributed by atoms with Crippen molar-refractivity contribution in [3.05, 3.63) is 63.6 Å². The zero-order chi connectivity index (χ0) is 19.8. The van der Waals surface area contributed by atoms with Crippen molar-refractivity contribution >= 4 is 45.0 Å². The van der Waals surface area contributed by atoms with E-state index in [1.165, 1.54) is 12.1 Å². The average Bonchev–Trinajstić information content (AvgIpc) is 2.60. The molecule has 1 aliphatic rings. The van der Waals surface area contributed by atoms with Crippen LogP contribution >= 0.6 is 15.9 Å². The SMILES string of the molecule is O=C1Nc2cc(C(F)(F)F)cc(Br)c2C(=O)C1=NOC(=O)c1ccccc1. The molecular formula is C17H8BrF3N2O4. The van der Waals surface area contributed by atoms with E-state index in [1.54, 1.807) is 18.2 Å². The van der Waals surface area contributed by atoms with Gasteiger partial charge in [-0.2, -0.15) is 13.2 Å². The number of ketones is 1. The van der Waals surface area contributed by atoms with E-state index in [4.69, 9.17) is 0 Å². The molecule has 1 amide bonds. The van der Waals surface area contributed by atoms with E-state index in [0.717, 1.165) is 0 Å². The maximum atomic E-state index is 12.9. The Morgan fingerprint density at radius 1 is 1.11 bits per heavy atom. The number of benzene rings is 2. The summed E-state index contributed by atoms with van der Waals surface area (Å²) < 4.78 is 38.5. The number of fused-ring (bicyclic) bond motifs is 1. The van der Waals surface area contributed by atoms with E-state index < -0.39 is 35.1 Å². The number of halogens is 4. The number of carbonyl (C=O) groups is 3. The number of rotatable bonds is 2. The molecule has 0 unspecified atom stereocenters. The number of carbonyl (C=O) groups excluding carboxylic acids is 3. The number of nitrogens with one attached hydrogen (secondary N) is 1. The van der Waals surface area contributed by atoms with Crippen LogP contribution in [0.5, 0.6) is 0 Å². The summed E-state index contributed by atoms with van der Waals surface area (Å²) in [5.74, 6) is -2.96. The highest BCUT2D eigenvalue weighted by molar-refractivity contribution is 9.10. The molecule has 0 spiro atoms. The van der Waals surface area contributed by atoms with Crippen molar-refractivity contribution in [1.29, 1.82) is 0 Å². The first-order valence-electron chi connectivity index (χ1n) is 7.29. The molecule has 27 heavy (non-hydrogen) atoms. The predicted octanol–water partition coefficient (Wildman–Crippen LogP) is 3.82. The molecule has 0 radical (unpaired) electrons. The highest BCUT2D eigenvalue weighted by Crippen LogP contribution is 2.37. The fraction of sp³-hybridized carbons (Fsp3) is 0.0588. The summed E-state index contributed by atoms with van der Waals surface area (Å²) in [7, 11) is 0. The van der Waals surface area contributed by atoms with E-state index >= 15 is 0 Å². The summed E-state index contributed by atoms with van der Waals surface area (Å²) in [6, 6.07) is 9.06. The molecule has 0 aromatic heterocycles. The van der Waals surface area contributed by atoms with E-state index in [2.05, 4.69) is 31.2 Å². The van der Waals surface area contributed by atoms with Gasteiger partial charge in [0.15, 0.2) is 0 Å². The first kappa shape index (κ1) is 18.8. The molecule has 0 saturated carbocycles. The lowest BCUT2D eigenvalue weighted by atomic mass is 9.98. The monoisotopic (exact) mass is 440 g/mol. The normalized spacial score (nSPS) is 15.3. The smallest absolute Gasteiger partial charge is 0.320 e. The third-order valence-electron chi connectivity index (χ3n) is 3.55. The minimum absolute atomic E-state index is 0.141. The van der Waals surface area contributed by atoms with Gasteiger partial charge in [-0.05, 0) is 40.2 Å². The number of amides is 1. The Bertz CT molecular complexity index is 988. The highest BCUT2D eigenvalue weighted by atomic mass is 79.9. The number of nitrogens with zero attached hydrogens (tertiary/aromatic N) is 1. The molecule has 1 N–H and O–H groups in total. The van der Waals surface area contributed by atoms with Gasteiger partial charge in [-0.1, -0.05) is 23.4 Å². The van der Waals surface area contributed by atoms with Crippen molar-refractivity contribution in [3.8, 4) is 0 Å². The minimum atomic E-state index is -4.66. The number of anilines is 1. The van der Waals surface area contributed by atoms with Crippen LogP contribution in [0.25, 0.3) is 0 Å². The van der Waals surface area contributed by atoms with E-state index in [9.17, 15) is 27.6 Å². The van der Waals surface area contributed by atoms with Crippen molar-refractivity contribution in [3.63, 3.8) is 0 Å². The second-order valence-corrected chi connectivity index (χ2v) is 6.20. The van der Waals surface area contributed by atoms with Crippen molar-refractivity contribution in [1.82, 2.24) is 0 Å². The molecule has 10 heteroatoms. The molecular weight excluding hydrogens is 433 g/mol. The topological polar surface area (TPSA) is 84.8 Å². The first-order valence-corrected chi connectivity index (χ1v) is 8.09. The minimum Gasteiger partial charge on any atom is -0.320 e. The van der Waals surface area contributed by atoms with E-state index in [0.29, 0.717) is 12.1 Å². The first-order chi connectivity index (χ1) is 12.7. The number of hydrogen-bond acceptors (Lipinski definition) is 5. The molecule has 0 aliphatic carbocycles. The van der Waals surface area contributed by atoms with Gasteiger partial charge in [-0.3, -0.25) is 9.59 Å². The van der Waals surface area contributed by atoms with Gasteiger partial charge in [0.2, 0.25) is 11.5 Å². The molecule has 0 atom stereocenters. The molecule has 3 rings (SSSR count). The van der Waals surface area contributed by atoms with Crippen LogP contribution in [0.2, 0.25) is 0 Å². The van der Waals surface area contributed by atoms with Crippen LogP contribution in [0.15, 0.2) is 52.1 Å². The van der Waals surface area contributed by atoms with Crippen molar-refractivity contribution in [2.24, 2.45) is 5.16 Å². The van der Waals surface area contributed by atoms with Gasteiger partial charge >= 0.3 is 12.1 Å². The van der Waals surface area contributed by atoms with Gasteiger partial charge in [-0.25, -0.2) is 4.79 Å². The zero-order valence-corrected chi connectivity index (χ0v) is 14.7. The fourth-order valence-electron chi connectivity index (χ4n) is 2.30. The van der Waals surface area contributed by atoms with Gasteiger partial charge in [0.1, 0.15) is 0 Å². The van der Waals surface area contributed by atoms with Gasteiger partial charge < -0.3 is 10.2 Å². The van der Waals surface area contributed by atoms with E-state index in [1.807, 2.05) is 0 Å². The van der Waals surface area contributed by atoms with Crippen LogP contribution in [0.4, 0.5) is 18.9 Å². The Labute approximate surface area is 158 Å². The molecule has 0 saturated heterocycles. The molecule has 1 aliphatic heterocycles. The van der Waals surface area contributed by atoms with Crippen LogP contribution in [-0.4, -0.2) is 23.4 Å². The molecule has 6 nitrogen and oxygen atoms in total. The van der Waals surface area contributed by atoms with Crippen LogP contribution in [0, 0.1) is 0 Å². The molecule has 2 aromatic carbocycles. The van der Waals surface area contributed by atoms with Gasteiger partial charge in [-0.15, -0.1) is 0 Å². The number of oxime groups is 1. The predicted molar refractivity (Wildman–Crippen MR) is 91.4 cm³/mol. The summed E-state index contributed by atoms with van der Waals surface area (Å²) >= 11 is 2.90. The Morgan fingerprint density at radius 3 is 2.41 bits per heavy atom. The molecule has 0 bridgehead atoms. The molecule has 2 aromatic rings. The Hall–Kier alpha value is -3.01. The van der Waals surface area contributed by atoms with Crippen LogP contribution < -0.4 is 5.32 Å². The molecule has 0 fully saturated rings. The van der Waals surface area contributed by atoms with Crippen molar-refractivity contribution in [2.75, 3.05) is 5.32 Å². The lowest BCUT2D eigenvalue weighted by Gasteiger charge is -2.20. The maximum Gasteiger partial charge on any atom is 0.416 e. The Kier molecular flexibility index (Phi) is 4.83. The van der Waals surface area contributed by atoms with Crippen LogP contribution in [-0.2, 0) is 15.8 Å². The second-order valence-electron chi connectivity index (χ2n) is 5.35. The van der Waals surface area contributed by atoms with Crippen molar-refractivity contribution < 1.29 is 32.4 Å². The van der Waals surface area contributed by atoms with Crippen molar-refractivity contribution in [2.45, 2.75) is 6.18 Å². The van der Waals surface area contributed by atoms with Gasteiger partial charge in [0.05, 0.1) is 22.4 Å². The van der Waals surface area contributed by atoms with Crippen LogP contribution in [0.3, 0.4) is 0 Å².